The fraction of sp³-hybridized carbons (Fsp3) is 0.933. The Kier molecular flexibility index (Phi) is 5.64. The van der Waals surface area contributed by atoms with Gasteiger partial charge < -0.3 is 10.6 Å². The Morgan fingerprint density at radius 3 is 2.58 bits per heavy atom. The van der Waals surface area contributed by atoms with Crippen LogP contribution in [0.4, 0.5) is 0 Å². The van der Waals surface area contributed by atoms with E-state index < -0.39 is 0 Å². The smallest absolute Gasteiger partial charge is 0.224 e. The van der Waals surface area contributed by atoms with Crippen LogP contribution in [0.15, 0.2) is 0 Å². The highest BCUT2D eigenvalue weighted by molar-refractivity contribution is 5.77. The van der Waals surface area contributed by atoms with Gasteiger partial charge in [0.2, 0.25) is 5.91 Å². The molecule has 0 aromatic heterocycles. The molecule has 2 atom stereocenters. The van der Waals surface area contributed by atoms with Crippen molar-refractivity contribution in [2.45, 2.75) is 64.0 Å². The van der Waals surface area contributed by atoms with Crippen LogP contribution < -0.4 is 5.73 Å². The van der Waals surface area contributed by atoms with Crippen molar-refractivity contribution in [1.82, 2.24) is 9.80 Å². The first kappa shape index (κ1) is 14.8. The zero-order valence-electron chi connectivity index (χ0n) is 12.3. The molecule has 0 aromatic rings. The molecule has 1 amide bonds. The molecule has 0 bridgehead atoms. The van der Waals surface area contributed by atoms with Crippen LogP contribution >= 0.6 is 0 Å². The van der Waals surface area contributed by atoms with E-state index >= 15 is 0 Å². The first-order valence-corrected chi connectivity index (χ1v) is 7.99. The van der Waals surface area contributed by atoms with Crippen molar-refractivity contribution in [3.05, 3.63) is 0 Å². The van der Waals surface area contributed by atoms with Gasteiger partial charge in [-0.2, -0.15) is 0 Å². The van der Waals surface area contributed by atoms with E-state index in [1.165, 1.54) is 38.5 Å². The molecule has 2 N–H and O–H groups in total. The second kappa shape index (κ2) is 7.25. The third kappa shape index (κ3) is 3.69. The van der Waals surface area contributed by atoms with Gasteiger partial charge in [-0.05, 0) is 45.1 Å². The average Bonchev–Trinajstić information content (AvgIpc) is 2.93. The predicted molar refractivity (Wildman–Crippen MR) is 77.9 cm³/mol. The first-order chi connectivity index (χ1) is 9.26. The molecular formula is C15H29N3O. The number of carbonyl (C=O) groups excluding carboxylic acids is 1. The molecule has 2 aliphatic rings. The van der Waals surface area contributed by atoms with Gasteiger partial charge in [0.05, 0.1) is 0 Å². The topological polar surface area (TPSA) is 49.6 Å². The highest BCUT2D eigenvalue weighted by Gasteiger charge is 2.31. The van der Waals surface area contributed by atoms with Gasteiger partial charge in [0.1, 0.15) is 0 Å². The molecule has 2 saturated heterocycles. The van der Waals surface area contributed by atoms with Gasteiger partial charge in [-0.3, -0.25) is 9.69 Å². The standard InChI is InChI=1S/C15H29N3O/c1-2-13-7-6-10-18(13)14(12-16)11-15(19)17-8-4-3-5-9-17/h13-14H,2-12,16H2,1H3. The Bertz CT molecular complexity index is 289. The number of carbonyl (C=O) groups is 1. The minimum absolute atomic E-state index is 0.252. The number of piperidine rings is 1. The summed E-state index contributed by atoms with van der Waals surface area (Å²) < 4.78 is 0. The lowest BCUT2D eigenvalue weighted by Gasteiger charge is -2.34. The molecule has 2 unspecified atom stereocenters. The van der Waals surface area contributed by atoms with Crippen LogP contribution in [-0.2, 0) is 4.79 Å². The molecule has 0 spiro atoms. The van der Waals surface area contributed by atoms with E-state index in [0.29, 0.717) is 24.9 Å². The number of amides is 1. The fourth-order valence-electron chi connectivity index (χ4n) is 3.59. The van der Waals surface area contributed by atoms with E-state index in [-0.39, 0.29) is 6.04 Å². The van der Waals surface area contributed by atoms with E-state index in [0.717, 1.165) is 19.6 Å². The third-order valence-electron chi connectivity index (χ3n) is 4.75. The molecular weight excluding hydrogens is 238 g/mol. The number of nitrogens with zero attached hydrogens (tertiary/aromatic N) is 2. The molecule has 2 heterocycles. The summed E-state index contributed by atoms with van der Waals surface area (Å²) in [5, 5.41) is 0. The van der Waals surface area contributed by atoms with Crippen LogP contribution in [0, 0.1) is 0 Å². The van der Waals surface area contributed by atoms with E-state index in [9.17, 15) is 4.79 Å². The van der Waals surface area contributed by atoms with Crippen molar-refractivity contribution in [1.29, 1.82) is 0 Å². The minimum Gasteiger partial charge on any atom is -0.343 e. The molecule has 4 heteroatoms. The summed E-state index contributed by atoms with van der Waals surface area (Å²) >= 11 is 0. The van der Waals surface area contributed by atoms with Gasteiger partial charge in [-0.1, -0.05) is 6.92 Å². The molecule has 0 aromatic carbocycles. The largest absolute Gasteiger partial charge is 0.343 e. The maximum atomic E-state index is 12.4. The van der Waals surface area contributed by atoms with Crippen molar-refractivity contribution in [3.63, 3.8) is 0 Å². The number of rotatable bonds is 5. The van der Waals surface area contributed by atoms with E-state index in [1.54, 1.807) is 0 Å². The number of nitrogens with two attached hydrogens (primary N) is 1. The quantitative estimate of drug-likeness (QED) is 0.823. The van der Waals surface area contributed by atoms with Crippen LogP contribution in [0.3, 0.4) is 0 Å². The van der Waals surface area contributed by atoms with Crippen LogP contribution in [-0.4, -0.2) is 54.0 Å². The Morgan fingerprint density at radius 2 is 1.95 bits per heavy atom. The Hall–Kier alpha value is -0.610. The van der Waals surface area contributed by atoms with Crippen LogP contribution in [0.1, 0.15) is 51.9 Å². The number of likely N-dealkylation sites (tertiary alicyclic amines) is 2. The van der Waals surface area contributed by atoms with Gasteiger partial charge in [0.15, 0.2) is 0 Å². The normalized spacial score (nSPS) is 26.6. The van der Waals surface area contributed by atoms with Crippen LogP contribution in [0.2, 0.25) is 0 Å². The van der Waals surface area contributed by atoms with Crippen molar-refractivity contribution in [3.8, 4) is 0 Å². The Balaban J connectivity index is 1.88. The second-order valence-electron chi connectivity index (χ2n) is 5.98. The van der Waals surface area contributed by atoms with Gasteiger partial charge in [0.25, 0.3) is 0 Å². The van der Waals surface area contributed by atoms with Crippen molar-refractivity contribution >= 4 is 5.91 Å². The third-order valence-corrected chi connectivity index (χ3v) is 4.75. The molecule has 0 saturated carbocycles. The molecule has 2 rings (SSSR count). The zero-order valence-corrected chi connectivity index (χ0v) is 12.3. The molecule has 19 heavy (non-hydrogen) atoms. The lowest BCUT2D eigenvalue weighted by molar-refractivity contribution is -0.133. The molecule has 0 radical (unpaired) electrons. The molecule has 4 nitrogen and oxygen atoms in total. The van der Waals surface area contributed by atoms with E-state index in [2.05, 4.69) is 11.8 Å². The highest BCUT2D eigenvalue weighted by atomic mass is 16.2. The summed E-state index contributed by atoms with van der Waals surface area (Å²) in [6.45, 7) is 5.87. The minimum atomic E-state index is 0.252. The number of hydrogen-bond donors (Lipinski definition) is 1. The zero-order chi connectivity index (χ0) is 13.7. The van der Waals surface area contributed by atoms with Gasteiger partial charge >= 0.3 is 0 Å². The molecule has 2 fully saturated rings. The van der Waals surface area contributed by atoms with Gasteiger partial charge in [-0.15, -0.1) is 0 Å². The summed E-state index contributed by atoms with van der Waals surface area (Å²) in [6.07, 6.45) is 7.92. The summed E-state index contributed by atoms with van der Waals surface area (Å²) in [5.74, 6) is 0.317. The Morgan fingerprint density at radius 1 is 1.21 bits per heavy atom. The lowest BCUT2D eigenvalue weighted by atomic mass is 10.1. The maximum Gasteiger partial charge on any atom is 0.224 e. The monoisotopic (exact) mass is 267 g/mol. The van der Waals surface area contributed by atoms with E-state index in [4.69, 9.17) is 5.73 Å². The summed E-state index contributed by atoms with van der Waals surface area (Å²) in [4.78, 5) is 16.9. The van der Waals surface area contributed by atoms with Crippen molar-refractivity contribution < 1.29 is 4.79 Å². The maximum absolute atomic E-state index is 12.4. The van der Waals surface area contributed by atoms with Crippen LogP contribution in [0.5, 0.6) is 0 Å². The second-order valence-corrected chi connectivity index (χ2v) is 5.98. The fourth-order valence-corrected chi connectivity index (χ4v) is 3.59. The van der Waals surface area contributed by atoms with Gasteiger partial charge in [0, 0.05) is 38.1 Å². The first-order valence-electron chi connectivity index (χ1n) is 7.99. The lowest BCUT2D eigenvalue weighted by Crippen LogP contribution is -2.47. The van der Waals surface area contributed by atoms with E-state index in [1.807, 2.05) is 4.90 Å². The predicted octanol–water partition coefficient (Wildman–Crippen LogP) is 1.59. The molecule has 2 aliphatic heterocycles. The summed E-state index contributed by atoms with van der Waals surface area (Å²) in [7, 11) is 0. The average molecular weight is 267 g/mol. The summed E-state index contributed by atoms with van der Waals surface area (Å²) in [5.41, 5.74) is 5.93. The van der Waals surface area contributed by atoms with Crippen LogP contribution in [0.25, 0.3) is 0 Å². The highest BCUT2D eigenvalue weighted by Crippen LogP contribution is 2.24. The molecule has 110 valence electrons. The van der Waals surface area contributed by atoms with Gasteiger partial charge in [-0.25, -0.2) is 0 Å². The Labute approximate surface area is 117 Å². The van der Waals surface area contributed by atoms with Crippen molar-refractivity contribution in [2.24, 2.45) is 5.73 Å². The SMILES string of the molecule is CCC1CCCN1C(CN)CC(=O)N1CCCCC1. The van der Waals surface area contributed by atoms with Crippen molar-refractivity contribution in [2.75, 3.05) is 26.2 Å². The molecule has 0 aliphatic carbocycles. The summed E-state index contributed by atoms with van der Waals surface area (Å²) in [6, 6.07) is 0.893. The number of hydrogen-bond acceptors (Lipinski definition) is 3.